The number of hydrogen-bond donors (Lipinski definition) is 0. The highest BCUT2D eigenvalue weighted by Gasteiger charge is 2.19. The lowest BCUT2D eigenvalue weighted by Gasteiger charge is -2.26. The molecule has 0 heterocycles. The summed E-state index contributed by atoms with van der Waals surface area (Å²) in [7, 11) is 0. The molecule has 72 valence electrons. The number of esters is 1. The Labute approximate surface area is 75.3 Å². The van der Waals surface area contributed by atoms with Gasteiger partial charge in [-0.15, -0.1) is 0 Å². The van der Waals surface area contributed by atoms with Crippen LogP contribution in [-0.4, -0.2) is 12.6 Å². The minimum Gasteiger partial charge on any atom is -0.466 e. The molecule has 0 aliphatic rings. The third-order valence-electron chi connectivity index (χ3n) is 2.33. The molecule has 0 spiro atoms. The van der Waals surface area contributed by atoms with Crippen LogP contribution in [0.1, 0.15) is 41.0 Å². The maximum absolute atomic E-state index is 10.5. The molecule has 12 heavy (non-hydrogen) atoms. The SMILES string of the molecule is CC(=O)OCC[C@@H](C)C(C)(C)C. The van der Waals surface area contributed by atoms with Crippen LogP contribution < -0.4 is 0 Å². The molecule has 0 radical (unpaired) electrons. The molecule has 0 amide bonds. The minimum absolute atomic E-state index is 0.184. The fourth-order valence-electron chi connectivity index (χ4n) is 0.812. The first-order valence-corrected chi connectivity index (χ1v) is 4.47. The zero-order valence-electron chi connectivity index (χ0n) is 8.81. The Morgan fingerprint density at radius 2 is 1.92 bits per heavy atom. The van der Waals surface area contributed by atoms with Gasteiger partial charge in [0, 0.05) is 6.92 Å². The van der Waals surface area contributed by atoms with Gasteiger partial charge in [0.15, 0.2) is 0 Å². The predicted molar refractivity (Wildman–Crippen MR) is 49.9 cm³/mol. The number of carbonyl (C=O) groups excluding carboxylic acids is 1. The summed E-state index contributed by atoms with van der Waals surface area (Å²) in [6.45, 7) is 10.8. The topological polar surface area (TPSA) is 26.3 Å². The molecular weight excluding hydrogens is 152 g/mol. The van der Waals surface area contributed by atoms with Crippen LogP contribution in [0.4, 0.5) is 0 Å². The number of rotatable bonds is 3. The van der Waals surface area contributed by atoms with Crippen molar-refractivity contribution in [1.82, 2.24) is 0 Å². The molecular formula is C10H20O2. The van der Waals surface area contributed by atoms with E-state index in [4.69, 9.17) is 4.74 Å². The minimum atomic E-state index is -0.184. The second kappa shape index (κ2) is 4.48. The summed E-state index contributed by atoms with van der Waals surface area (Å²) >= 11 is 0. The highest BCUT2D eigenvalue weighted by atomic mass is 16.5. The van der Waals surface area contributed by atoms with E-state index < -0.39 is 0 Å². The lowest BCUT2D eigenvalue weighted by molar-refractivity contribution is -0.141. The normalized spacial score (nSPS) is 14.1. The Morgan fingerprint density at radius 3 is 2.25 bits per heavy atom. The van der Waals surface area contributed by atoms with Crippen molar-refractivity contribution >= 4 is 5.97 Å². The first kappa shape index (κ1) is 11.5. The number of hydrogen-bond acceptors (Lipinski definition) is 2. The van der Waals surface area contributed by atoms with E-state index in [2.05, 4.69) is 27.7 Å². The third kappa shape index (κ3) is 5.16. The van der Waals surface area contributed by atoms with Crippen molar-refractivity contribution in [2.24, 2.45) is 11.3 Å². The standard InChI is InChI=1S/C10H20O2/c1-8(10(3,4)5)6-7-12-9(2)11/h8H,6-7H2,1-5H3/t8-/m1/s1. The van der Waals surface area contributed by atoms with Crippen LogP contribution >= 0.6 is 0 Å². The Kier molecular flexibility index (Phi) is 4.29. The largest absolute Gasteiger partial charge is 0.466 e. The van der Waals surface area contributed by atoms with Crippen LogP contribution in [0.2, 0.25) is 0 Å². The smallest absolute Gasteiger partial charge is 0.302 e. The van der Waals surface area contributed by atoms with E-state index in [1.54, 1.807) is 0 Å². The summed E-state index contributed by atoms with van der Waals surface area (Å²) in [6.07, 6.45) is 0.948. The fourth-order valence-corrected chi connectivity index (χ4v) is 0.812. The molecule has 1 atom stereocenters. The Bertz CT molecular complexity index is 144. The lowest BCUT2D eigenvalue weighted by Crippen LogP contribution is -2.19. The van der Waals surface area contributed by atoms with Gasteiger partial charge in [-0.25, -0.2) is 0 Å². The molecule has 0 bridgehead atoms. The summed E-state index contributed by atoms with van der Waals surface area (Å²) in [5.41, 5.74) is 0.306. The van der Waals surface area contributed by atoms with Crippen molar-refractivity contribution in [1.29, 1.82) is 0 Å². The van der Waals surface area contributed by atoms with Gasteiger partial charge in [0.25, 0.3) is 0 Å². The molecule has 0 saturated carbocycles. The van der Waals surface area contributed by atoms with Gasteiger partial charge >= 0.3 is 5.97 Å². The molecule has 0 unspecified atom stereocenters. The zero-order chi connectivity index (χ0) is 9.78. The van der Waals surface area contributed by atoms with E-state index >= 15 is 0 Å². The molecule has 0 N–H and O–H groups in total. The van der Waals surface area contributed by atoms with Gasteiger partial charge in [-0.1, -0.05) is 27.7 Å². The van der Waals surface area contributed by atoms with E-state index in [0.29, 0.717) is 17.9 Å². The summed E-state index contributed by atoms with van der Waals surface area (Å²) in [4.78, 5) is 10.5. The van der Waals surface area contributed by atoms with Crippen molar-refractivity contribution in [2.75, 3.05) is 6.61 Å². The maximum atomic E-state index is 10.5. The van der Waals surface area contributed by atoms with E-state index in [-0.39, 0.29) is 5.97 Å². The van der Waals surface area contributed by atoms with Crippen molar-refractivity contribution in [3.63, 3.8) is 0 Å². The molecule has 0 aromatic heterocycles. The predicted octanol–water partition coefficient (Wildman–Crippen LogP) is 2.62. The molecule has 0 aromatic rings. The van der Waals surface area contributed by atoms with Gasteiger partial charge in [0.1, 0.15) is 0 Å². The molecule has 0 aromatic carbocycles. The van der Waals surface area contributed by atoms with Gasteiger partial charge in [0.2, 0.25) is 0 Å². The van der Waals surface area contributed by atoms with Gasteiger partial charge in [-0.05, 0) is 17.8 Å². The maximum Gasteiger partial charge on any atom is 0.302 e. The number of ether oxygens (including phenoxy) is 1. The molecule has 0 saturated heterocycles. The zero-order valence-corrected chi connectivity index (χ0v) is 8.81. The molecule has 2 heteroatoms. The summed E-state index contributed by atoms with van der Waals surface area (Å²) in [6, 6.07) is 0. The molecule has 0 aliphatic carbocycles. The second-order valence-electron chi connectivity index (χ2n) is 4.40. The quantitative estimate of drug-likeness (QED) is 0.612. The van der Waals surface area contributed by atoms with Crippen molar-refractivity contribution in [3.8, 4) is 0 Å². The highest BCUT2D eigenvalue weighted by molar-refractivity contribution is 5.65. The number of carbonyl (C=O) groups is 1. The van der Waals surface area contributed by atoms with Gasteiger partial charge in [-0.2, -0.15) is 0 Å². The van der Waals surface area contributed by atoms with Crippen LogP contribution in [0.15, 0.2) is 0 Å². The average Bonchev–Trinajstić information content (AvgIpc) is 1.84. The molecule has 0 rings (SSSR count). The summed E-state index contributed by atoms with van der Waals surface area (Å²) < 4.78 is 4.87. The Morgan fingerprint density at radius 1 is 1.42 bits per heavy atom. The lowest BCUT2D eigenvalue weighted by atomic mass is 9.80. The first-order valence-electron chi connectivity index (χ1n) is 4.47. The Balaban J connectivity index is 3.58. The first-order chi connectivity index (χ1) is 5.34. The molecule has 0 fully saturated rings. The van der Waals surface area contributed by atoms with E-state index in [0.717, 1.165) is 6.42 Å². The molecule has 2 nitrogen and oxygen atoms in total. The second-order valence-corrected chi connectivity index (χ2v) is 4.40. The van der Waals surface area contributed by atoms with Crippen molar-refractivity contribution in [3.05, 3.63) is 0 Å². The van der Waals surface area contributed by atoms with Crippen molar-refractivity contribution in [2.45, 2.75) is 41.0 Å². The van der Waals surface area contributed by atoms with Crippen LogP contribution in [0.3, 0.4) is 0 Å². The van der Waals surface area contributed by atoms with Gasteiger partial charge in [0.05, 0.1) is 6.61 Å². The summed E-state index contributed by atoms with van der Waals surface area (Å²) in [5, 5.41) is 0. The summed E-state index contributed by atoms with van der Waals surface area (Å²) in [5.74, 6) is 0.396. The monoisotopic (exact) mass is 172 g/mol. The van der Waals surface area contributed by atoms with Crippen LogP contribution in [0, 0.1) is 11.3 Å². The van der Waals surface area contributed by atoms with Crippen LogP contribution in [0.25, 0.3) is 0 Å². The average molecular weight is 172 g/mol. The Hall–Kier alpha value is -0.530. The van der Waals surface area contributed by atoms with Crippen LogP contribution in [0.5, 0.6) is 0 Å². The third-order valence-corrected chi connectivity index (χ3v) is 2.33. The fraction of sp³-hybridized carbons (Fsp3) is 0.900. The molecule has 0 aliphatic heterocycles. The van der Waals surface area contributed by atoms with Crippen LogP contribution in [-0.2, 0) is 9.53 Å². The van der Waals surface area contributed by atoms with Crippen molar-refractivity contribution < 1.29 is 9.53 Å². The van der Waals surface area contributed by atoms with E-state index in [1.165, 1.54) is 6.92 Å². The highest BCUT2D eigenvalue weighted by Crippen LogP contribution is 2.27. The van der Waals surface area contributed by atoms with Gasteiger partial charge < -0.3 is 4.74 Å². The van der Waals surface area contributed by atoms with E-state index in [1.807, 2.05) is 0 Å². The van der Waals surface area contributed by atoms with Gasteiger partial charge in [-0.3, -0.25) is 4.79 Å². The van der Waals surface area contributed by atoms with E-state index in [9.17, 15) is 4.79 Å².